The van der Waals surface area contributed by atoms with Crippen LogP contribution in [0.2, 0.25) is 0 Å². The Balaban J connectivity index is 1.40. The molecule has 3 heterocycles. The van der Waals surface area contributed by atoms with Gasteiger partial charge in [-0.2, -0.15) is 4.98 Å². The molecule has 2 aromatic carbocycles. The Kier molecular flexibility index (Phi) is 4.44. The highest BCUT2D eigenvalue weighted by Gasteiger charge is 2.54. The van der Waals surface area contributed by atoms with Gasteiger partial charge in [-0.3, -0.25) is 9.59 Å². The summed E-state index contributed by atoms with van der Waals surface area (Å²) in [6, 6.07) is 10.4. The van der Waals surface area contributed by atoms with E-state index in [0.717, 1.165) is 24.3 Å². The number of nitrogens with zero attached hydrogens (tertiary/aromatic N) is 4. The zero-order valence-corrected chi connectivity index (χ0v) is 20.0. The van der Waals surface area contributed by atoms with Crippen molar-refractivity contribution in [1.82, 2.24) is 19.8 Å². The molecule has 1 aliphatic carbocycles. The van der Waals surface area contributed by atoms with Crippen LogP contribution in [0.25, 0.3) is 16.6 Å². The van der Waals surface area contributed by atoms with E-state index in [1.54, 1.807) is 25.1 Å². The van der Waals surface area contributed by atoms with E-state index < -0.39 is 21.4 Å². The van der Waals surface area contributed by atoms with Crippen LogP contribution in [0, 0.1) is 25.2 Å². The summed E-state index contributed by atoms with van der Waals surface area (Å²) in [5.74, 6) is -1.000. The number of sulfone groups is 1. The molecule has 0 radical (unpaired) electrons. The van der Waals surface area contributed by atoms with Crippen LogP contribution in [0.15, 0.2) is 51.1 Å². The lowest BCUT2D eigenvalue weighted by molar-refractivity contribution is -0.151. The molecule has 0 atom stereocenters. The normalized spacial score (nSPS) is 17.6. The number of aromatic amines is 1. The van der Waals surface area contributed by atoms with Gasteiger partial charge in [-0.1, -0.05) is 17.7 Å². The zero-order valence-electron chi connectivity index (χ0n) is 19.1. The Morgan fingerprint density at radius 3 is 2.57 bits per heavy atom. The first-order valence-corrected chi connectivity index (χ1v) is 12.8. The molecule has 10 nitrogen and oxygen atoms in total. The fourth-order valence-corrected chi connectivity index (χ4v) is 7.02. The van der Waals surface area contributed by atoms with Crippen molar-refractivity contribution in [2.45, 2.75) is 36.6 Å². The molecule has 2 fully saturated rings. The second-order valence-corrected chi connectivity index (χ2v) is 11.7. The van der Waals surface area contributed by atoms with Crippen LogP contribution < -0.4 is 10.5 Å². The molecule has 180 valence electrons. The minimum atomic E-state index is -4.02. The van der Waals surface area contributed by atoms with E-state index in [0.29, 0.717) is 29.3 Å². The van der Waals surface area contributed by atoms with Gasteiger partial charge in [0.15, 0.2) is 5.65 Å². The second kappa shape index (κ2) is 7.14. The molecule has 0 unspecified atom stereocenters. The van der Waals surface area contributed by atoms with E-state index in [-0.39, 0.29) is 26.9 Å². The summed E-state index contributed by atoms with van der Waals surface area (Å²) < 4.78 is 28.3. The maximum atomic E-state index is 13.4. The minimum absolute atomic E-state index is 0.0452. The molecule has 1 aliphatic heterocycles. The summed E-state index contributed by atoms with van der Waals surface area (Å²) >= 11 is 0. The predicted molar refractivity (Wildman–Crippen MR) is 127 cm³/mol. The molecule has 4 aromatic rings. The molecule has 1 spiro atoms. The Morgan fingerprint density at radius 2 is 1.89 bits per heavy atom. The number of benzene rings is 2. The first-order chi connectivity index (χ1) is 16.6. The monoisotopic (exact) mass is 493 g/mol. The predicted octanol–water partition coefficient (Wildman–Crippen LogP) is 2.32. The van der Waals surface area contributed by atoms with Crippen LogP contribution in [0.4, 0.5) is 5.69 Å². The van der Waals surface area contributed by atoms with Crippen LogP contribution in [0.1, 0.15) is 24.0 Å². The Labute approximate surface area is 200 Å². The number of fused-ring (bicyclic) bond motifs is 3. The van der Waals surface area contributed by atoms with Gasteiger partial charge >= 0.3 is 5.97 Å². The lowest BCUT2D eigenvalue weighted by Gasteiger charge is -2.59. The van der Waals surface area contributed by atoms with Gasteiger partial charge in [0.1, 0.15) is 0 Å². The van der Waals surface area contributed by atoms with E-state index in [9.17, 15) is 18.0 Å². The SMILES string of the molecule is Cc1ccc(S(=O)(=O)c2n[nH]n3c2nc(=O)c2ccc(N4CC5(CC(C(=O)O)C5)C4)cc23)c(C)c1. The lowest BCUT2D eigenvalue weighted by atomic mass is 9.57. The van der Waals surface area contributed by atoms with E-state index in [1.165, 1.54) is 10.6 Å². The molecular formula is C24H23N5O5S. The maximum Gasteiger partial charge on any atom is 0.306 e. The summed E-state index contributed by atoms with van der Waals surface area (Å²) in [5, 5.41) is 16.0. The third-order valence-electron chi connectivity index (χ3n) is 7.31. The van der Waals surface area contributed by atoms with Crippen LogP contribution in [0.3, 0.4) is 0 Å². The number of aryl methyl sites for hydroxylation is 2. The van der Waals surface area contributed by atoms with Crippen molar-refractivity contribution in [2.24, 2.45) is 11.3 Å². The Morgan fingerprint density at radius 1 is 1.14 bits per heavy atom. The number of hydrogen-bond donors (Lipinski definition) is 2. The van der Waals surface area contributed by atoms with Crippen molar-refractivity contribution in [3.8, 4) is 0 Å². The van der Waals surface area contributed by atoms with Gasteiger partial charge in [-0.15, -0.1) is 5.10 Å². The number of anilines is 1. The van der Waals surface area contributed by atoms with E-state index in [1.807, 2.05) is 19.1 Å². The Hall–Kier alpha value is -3.73. The number of aliphatic carboxylic acids is 1. The van der Waals surface area contributed by atoms with E-state index in [4.69, 9.17) is 5.11 Å². The Bertz CT molecular complexity index is 1710. The highest BCUT2D eigenvalue weighted by molar-refractivity contribution is 7.91. The van der Waals surface area contributed by atoms with Gasteiger partial charge < -0.3 is 10.0 Å². The maximum absolute atomic E-state index is 13.4. The largest absolute Gasteiger partial charge is 0.481 e. The number of aromatic nitrogens is 4. The molecule has 2 aliphatic rings. The number of hydrogen-bond acceptors (Lipinski definition) is 7. The van der Waals surface area contributed by atoms with Crippen LogP contribution >= 0.6 is 0 Å². The highest BCUT2D eigenvalue weighted by atomic mass is 32.2. The summed E-state index contributed by atoms with van der Waals surface area (Å²) in [7, 11) is -4.02. The van der Waals surface area contributed by atoms with Crippen LogP contribution in [-0.4, -0.2) is 52.4 Å². The molecule has 6 rings (SSSR count). The molecule has 11 heteroatoms. The van der Waals surface area contributed by atoms with Crippen molar-refractivity contribution < 1.29 is 18.3 Å². The van der Waals surface area contributed by atoms with Crippen molar-refractivity contribution in [2.75, 3.05) is 18.0 Å². The van der Waals surface area contributed by atoms with Gasteiger partial charge in [-0.05, 0) is 56.5 Å². The highest BCUT2D eigenvalue weighted by Crippen LogP contribution is 2.53. The summed E-state index contributed by atoms with van der Waals surface area (Å²) in [6.07, 6.45) is 1.36. The smallest absolute Gasteiger partial charge is 0.306 e. The molecule has 0 bridgehead atoms. The first kappa shape index (κ1) is 21.8. The van der Waals surface area contributed by atoms with Crippen molar-refractivity contribution in [1.29, 1.82) is 0 Å². The van der Waals surface area contributed by atoms with E-state index >= 15 is 0 Å². The van der Waals surface area contributed by atoms with Gasteiger partial charge in [0.25, 0.3) is 5.56 Å². The van der Waals surface area contributed by atoms with Crippen molar-refractivity contribution in [3.63, 3.8) is 0 Å². The number of H-pyrrole nitrogens is 1. The van der Waals surface area contributed by atoms with Crippen LogP contribution in [0.5, 0.6) is 0 Å². The molecule has 1 saturated carbocycles. The van der Waals surface area contributed by atoms with E-state index in [2.05, 4.69) is 20.2 Å². The number of carbonyl (C=O) groups is 1. The summed E-state index contributed by atoms with van der Waals surface area (Å²) in [5.41, 5.74) is 2.33. The number of nitrogens with one attached hydrogen (secondary N) is 1. The van der Waals surface area contributed by atoms with Gasteiger partial charge in [0.05, 0.1) is 21.7 Å². The second-order valence-electron chi connectivity index (χ2n) is 9.87. The average Bonchev–Trinajstić information content (AvgIpc) is 3.16. The zero-order chi connectivity index (χ0) is 24.7. The van der Waals surface area contributed by atoms with Gasteiger partial charge in [0, 0.05) is 24.2 Å². The van der Waals surface area contributed by atoms with Gasteiger partial charge in [-0.25, -0.2) is 18.1 Å². The number of rotatable bonds is 4. The number of carboxylic acids is 1. The molecule has 1 saturated heterocycles. The standard InChI is InChI=1S/C24H23N5O5S/c1-13-3-6-19(14(2)7-13)35(33,34)22-20-25-21(30)17-5-4-16(8-18(17)29(20)27-26-22)28-11-24(12-28)9-15(10-24)23(31)32/h3-8,15,27H,9-12H2,1-2H3,(H,31,32). The minimum Gasteiger partial charge on any atom is -0.481 e. The number of carboxylic acid groups (broad SMARTS) is 1. The molecule has 2 N–H and O–H groups in total. The summed E-state index contributed by atoms with van der Waals surface area (Å²) in [4.78, 5) is 30.3. The third-order valence-corrected chi connectivity index (χ3v) is 9.13. The average molecular weight is 494 g/mol. The first-order valence-electron chi connectivity index (χ1n) is 11.3. The molecule has 35 heavy (non-hydrogen) atoms. The fraction of sp³-hybridized carbons (Fsp3) is 0.333. The molecule has 2 aromatic heterocycles. The fourth-order valence-electron chi connectivity index (χ4n) is 5.54. The topological polar surface area (TPSA) is 138 Å². The van der Waals surface area contributed by atoms with Crippen molar-refractivity contribution >= 4 is 38.0 Å². The summed E-state index contributed by atoms with van der Waals surface area (Å²) in [6.45, 7) is 5.10. The lowest BCUT2D eigenvalue weighted by Crippen LogP contribution is -2.63. The van der Waals surface area contributed by atoms with Crippen LogP contribution in [-0.2, 0) is 14.6 Å². The molecular weight excluding hydrogens is 470 g/mol. The van der Waals surface area contributed by atoms with Gasteiger partial charge in [0.2, 0.25) is 14.9 Å². The molecule has 0 amide bonds. The quantitative estimate of drug-likeness (QED) is 0.442. The van der Waals surface area contributed by atoms with Crippen molar-refractivity contribution in [3.05, 3.63) is 57.9 Å². The third kappa shape index (κ3) is 3.18.